The Hall–Kier alpha value is -5.05. The van der Waals surface area contributed by atoms with Crippen molar-refractivity contribution in [1.29, 1.82) is 0 Å². The molecule has 5 aromatic rings. The number of anilines is 2. The van der Waals surface area contributed by atoms with E-state index in [4.69, 9.17) is 15.7 Å². The zero-order valence-electron chi connectivity index (χ0n) is 23.1. The number of rotatable bonds is 6. The number of nitrogens with two attached hydrogens (primary N) is 1. The van der Waals surface area contributed by atoms with Crippen LogP contribution in [0.2, 0.25) is 0 Å². The lowest BCUT2D eigenvalue weighted by Gasteiger charge is -2.56. The van der Waals surface area contributed by atoms with Gasteiger partial charge < -0.3 is 16.2 Å². The monoisotopic (exact) mass is 558 g/mol. The second kappa shape index (κ2) is 9.80. The number of amides is 1. The highest BCUT2D eigenvalue weighted by Gasteiger charge is 2.56. The van der Waals surface area contributed by atoms with Gasteiger partial charge in [0.25, 0.3) is 0 Å². The van der Waals surface area contributed by atoms with Gasteiger partial charge in [-0.3, -0.25) is 14.2 Å². The first kappa shape index (κ1) is 25.9. The molecule has 2 fully saturated rings. The summed E-state index contributed by atoms with van der Waals surface area (Å²) in [4.78, 5) is 38.4. The lowest BCUT2D eigenvalue weighted by Crippen LogP contribution is -2.52. The number of carboxylic acids is 1. The maximum atomic E-state index is 13.0. The van der Waals surface area contributed by atoms with Crippen molar-refractivity contribution < 1.29 is 14.7 Å². The molecule has 2 aliphatic carbocycles. The predicted octanol–water partition coefficient (Wildman–Crippen LogP) is 5.87. The third-order valence-electron chi connectivity index (χ3n) is 8.80. The number of hydrogen-bond donors (Lipinski definition) is 3. The summed E-state index contributed by atoms with van der Waals surface area (Å²) < 4.78 is 2.00. The van der Waals surface area contributed by atoms with Crippen molar-refractivity contribution in [3.8, 4) is 28.3 Å². The predicted molar refractivity (Wildman–Crippen MR) is 161 cm³/mol. The van der Waals surface area contributed by atoms with Gasteiger partial charge in [-0.2, -0.15) is 0 Å². The van der Waals surface area contributed by atoms with Crippen LogP contribution in [0.5, 0.6) is 0 Å². The summed E-state index contributed by atoms with van der Waals surface area (Å²) in [6.45, 7) is 1.99. The molecule has 2 aromatic carbocycles. The minimum Gasteiger partial charge on any atom is -0.481 e. The van der Waals surface area contributed by atoms with Gasteiger partial charge in [0, 0.05) is 23.4 Å². The summed E-state index contributed by atoms with van der Waals surface area (Å²) in [5.74, 6) is -0.0774. The van der Waals surface area contributed by atoms with Gasteiger partial charge in [0.2, 0.25) is 5.91 Å². The third kappa shape index (κ3) is 4.38. The molecule has 9 heteroatoms. The van der Waals surface area contributed by atoms with Crippen LogP contribution in [-0.4, -0.2) is 36.5 Å². The Balaban J connectivity index is 1.21. The Morgan fingerprint density at radius 2 is 1.71 bits per heavy atom. The summed E-state index contributed by atoms with van der Waals surface area (Å²) in [7, 11) is 0. The highest BCUT2D eigenvalue weighted by molar-refractivity contribution is 5.94. The highest BCUT2D eigenvalue weighted by Crippen LogP contribution is 2.61. The average Bonchev–Trinajstić information content (AvgIpc) is 3.30. The topological polar surface area (TPSA) is 136 Å². The van der Waals surface area contributed by atoms with Crippen LogP contribution in [0.4, 0.5) is 11.5 Å². The number of aryl methyl sites for hydroxylation is 1. The van der Waals surface area contributed by atoms with E-state index in [1.165, 1.54) is 0 Å². The van der Waals surface area contributed by atoms with Gasteiger partial charge in [-0.15, -0.1) is 0 Å². The number of nitrogens with one attached hydrogen (secondary N) is 1. The first-order chi connectivity index (χ1) is 20.3. The first-order valence-electron chi connectivity index (χ1n) is 14.1. The second-order valence-corrected chi connectivity index (χ2v) is 11.7. The normalized spacial score (nSPS) is 21.1. The molecule has 9 nitrogen and oxygen atoms in total. The summed E-state index contributed by atoms with van der Waals surface area (Å²) in [6.07, 6.45) is 4.53. The van der Waals surface area contributed by atoms with Crippen LogP contribution < -0.4 is 11.1 Å². The van der Waals surface area contributed by atoms with Crippen molar-refractivity contribution in [3.63, 3.8) is 0 Å². The molecule has 4 N–H and O–H groups in total. The summed E-state index contributed by atoms with van der Waals surface area (Å²) in [6, 6.07) is 23.5. The van der Waals surface area contributed by atoms with Crippen LogP contribution >= 0.6 is 0 Å². The Morgan fingerprint density at radius 3 is 2.43 bits per heavy atom. The van der Waals surface area contributed by atoms with Crippen LogP contribution in [0.3, 0.4) is 0 Å². The largest absolute Gasteiger partial charge is 0.481 e. The molecule has 0 saturated heterocycles. The number of aromatic nitrogens is 4. The number of nitrogens with zero attached hydrogens (tertiary/aromatic N) is 4. The smallest absolute Gasteiger partial charge is 0.306 e. The first-order valence-corrected chi connectivity index (χ1v) is 14.1. The molecule has 2 saturated carbocycles. The number of carbonyl (C=O) groups is 2. The molecule has 1 spiro atoms. The molecule has 7 rings (SSSR count). The lowest BCUT2D eigenvalue weighted by molar-refractivity contribution is -0.159. The number of carboxylic acid groups (broad SMARTS) is 1. The van der Waals surface area contributed by atoms with Gasteiger partial charge in [0.05, 0.1) is 22.9 Å². The molecule has 2 aliphatic rings. The second-order valence-electron chi connectivity index (χ2n) is 11.7. The van der Waals surface area contributed by atoms with Crippen molar-refractivity contribution >= 4 is 34.5 Å². The van der Waals surface area contributed by atoms with E-state index in [0.717, 1.165) is 40.9 Å². The zero-order valence-corrected chi connectivity index (χ0v) is 23.1. The van der Waals surface area contributed by atoms with Crippen LogP contribution in [0.25, 0.3) is 39.5 Å². The SMILES string of the molecule is Cc1cc(NC(=O)C2CC3(CC(C(=O)O)C3)C2)ccc1-n1c(-c2cccnc2N)nc2ccc(-c3ccccc3)nc21. The van der Waals surface area contributed by atoms with Crippen LogP contribution in [-0.2, 0) is 9.59 Å². The zero-order chi connectivity index (χ0) is 29.0. The van der Waals surface area contributed by atoms with E-state index in [2.05, 4.69) is 10.3 Å². The average molecular weight is 559 g/mol. The van der Waals surface area contributed by atoms with Crippen LogP contribution in [0, 0.1) is 24.2 Å². The minimum atomic E-state index is -0.726. The molecule has 3 heterocycles. The third-order valence-corrected chi connectivity index (χ3v) is 8.80. The molecule has 0 bridgehead atoms. The number of benzene rings is 2. The number of imidazole rings is 1. The van der Waals surface area contributed by atoms with Gasteiger partial charge in [0.1, 0.15) is 11.3 Å². The van der Waals surface area contributed by atoms with E-state index in [9.17, 15) is 14.7 Å². The highest BCUT2D eigenvalue weighted by atomic mass is 16.4. The van der Waals surface area contributed by atoms with Gasteiger partial charge in [-0.05, 0) is 86.1 Å². The number of pyridine rings is 2. The molecule has 1 amide bonds. The molecule has 3 aromatic heterocycles. The molecule has 210 valence electrons. The fourth-order valence-electron chi connectivity index (χ4n) is 6.64. The standard InChI is InChI=1S/C33H30N6O3/c1-19-14-23(36-31(40)21-15-33(16-21)17-22(18-33)32(41)42)9-12-27(19)39-29(24-8-5-13-35-28(24)34)38-26-11-10-25(37-30(26)39)20-6-3-2-4-7-20/h2-14,21-22H,15-18H2,1H3,(H2,34,35)(H,36,40)(H,41,42). The van der Waals surface area contributed by atoms with Gasteiger partial charge >= 0.3 is 5.97 Å². The number of nitrogen functional groups attached to an aromatic ring is 1. The lowest BCUT2D eigenvalue weighted by atomic mass is 9.48. The van der Waals surface area contributed by atoms with Gasteiger partial charge in [0.15, 0.2) is 11.5 Å². The Bertz CT molecular complexity index is 1850. The fourth-order valence-corrected chi connectivity index (χ4v) is 6.64. The van der Waals surface area contributed by atoms with Crippen molar-refractivity contribution in [1.82, 2.24) is 19.5 Å². The van der Waals surface area contributed by atoms with E-state index in [1.807, 2.05) is 84.3 Å². The van der Waals surface area contributed by atoms with Crippen molar-refractivity contribution in [2.24, 2.45) is 17.3 Å². The Kier molecular flexibility index (Phi) is 6.04. The number of hydrogen-bond acceptors (Lipinski definition) is 6. The van der Waals surface area contributed by atoms with Crippen LogP contribution in [0.15, 0.2) is 79.0 Å². The minimum absolute atomic E-state index is 0.0161. The fraction of sp³-hybridized carbons (Fsp3) is 0.242. The number of aliphatic carboxylic acids is 1. The van der Waals surface area contributed by atoms with Gasteiger partial charge in [-0.25, -0.2) is 15.0 Å². The molecule has 0 aliphatic heterocycles. The molecule has 0 radical (unpaired) electrons. The quantitative estimate of drug-likeness (QED) is 0.237. The molecule has 42 heavy (non-hydrogen) atoms. The number of fused-ring (bicyclic) bond motifs is 1. The van der Waals surface area contributed by atoms with Gasteiger partial charge in [-0.1, -0.05) is 30.3 Å². The van der Waals surface area contributed by atoms with Crippen molar-refractivity contribution in [3.05, 3.63) is 84.6 Å². The molecular weight excluding hydrogens is 528 g/mol. The maximum absolute atomic E-state index is 13.0. The van der Waals surface area contributed by atoms with E-state index in [1.54, 1.807) is 6.20 Å². The van der Waals surface area contributed by atoms with E-state index in [-0.39, 0.29) is 23.2 Å². The Morgan fingerprint density at radius 1 is 0.952 bits per heavy atom. The number of carbonyl (C=O) groups excluding carboxylic acids is 1. The summed E-state index contributed by atoms with van der Waals surface area (Å²) in [5, 5.41) is 12.3. The van der Waals surface area contributed by atoms with E-state index in [0.29, 0.717) is 41.4 Å². The van der Waals surface area contributed by atoms with E-state index >= 15 is 0 Å². The van der Waals surface area contributed by atoms with Crippen molar-refractivity contribution in [2.75, 3.05) is 11.1 Å². The summed E-state index contributed by atoms with van der Waals surface area (Å²) in [5.41, 5.74) is 12.8. The van der Waals surface area contributed by atoms with Crippen molar-refractivity contribution in [2.45, 2.75) is 32.6 Å². The molecule has 0 atom stereocenters. The van der Waals surface area contributed by atoms with Crippen LogP contribution in [0.1, 0.15) is 31.2 Å². The molecular formula is C33H30N6O3. The maximum Gasteiger partial charge on any atom is 0.306 e. The van der Waals surface area contributed by atoms with E-state index < -0.39 is 5.97 Å². The molecule has 0 unspecified atom stereocenters. The Labute approximate surface area is 242 Å². The summed E-state index contributed by atoms with van der Waals surface area (Å²) >= 11 is 0.